The highest BCUT2D eigenvalue weighted by atomic mass is 16.5. The van der Waals surface area contributed by atoms with E-state index in [9.17, 15) is 4.79 Å². The van der Waals surface area contributed by atoms with Crippen LogP contribution in [0.25, 0.3) is 11.3 Å². The average Bonchev–Trinajstić information content (AvgIpc) is 2.79. The first-order valence-electron chi connectivity index (χ1n) is 10.3. The molecule has 2 aliphatic heterocycles. The van der Waals surface area contributed by atoms with Gasteiger partial charge in [-0.2, -0.15) is 0 Å². The van der Waals surface area contributed by atoms with Crippen molar-refractivity contribution in [1.82, 2.24) is 20.0 Å². The number of likely N-dealkylation sites (N-methyl/N-ethyl adjacent to an activating group) is 1. The first kappa shape index (κ1) is 19.6. The van der Waals surface area contributed by atoms with Gasteiger partial charge in [0.1, 0.15) is 5.75 Å². The molecule has 0 N–H and O–H groups in total. The van der Waals surface area contributed by atoms with E-state index in [0.29, 0.717) is 5.91 Å². The Balaban J connectivity index is 1.40. The minimum absolute atomic E-state index is 0.0511. The number of benzene rings is 1. The molecule has 0 unspecified atom stereocenters. The van der Waals surface area contributed by atoms with Gasteiger partial charge in [-0.1, -0.05) is 0 Å². The lowest BCUT2D eigenvalue weighted by Gasteiger charge is -2.38. The smallest absolute Gasteiger partial charge is 0.227 e. The maximum absolute atomic E-state index is 13.0. The van der Waals surface area contributed by atoms with Crippen molar-refractivity contribution in [2.45, 2.75) is 12.8 Å². The predicted molar refractivity (Wildman–Crippen MR) is 113 cm³/mol. The van der Waals surface area contributed by atoms with Crippen LogP contribution in [0.15, 0.2) is 36.4 Å². The molecule has 0 bridgehead atoms. The van der Waals surface area contributed by atoms with E-state index in [1.165, 1.54) is 0 Å². The Morgan fingerprint density at radius 3 is 2.41 bits per heavy atom. The van der Waals surface area contributed by atoms with Crippen LogP contribution >= 0.6 is 0 Å². The normalized spacial score (nSPS) is 20.6. The predicted octanol–water partition coefficient (Wildman–Crippen LogP) is 2.14. The van der Waals surface area contributed by atoms with E-state index in [0.717, 1.165) is 74.9 Å². The van der Waals surface area contributed by atoms with E-state index in [2.05, 4.69) is 27.0 Å². The molecule has 7 heteroatoms. The van der Waals surface area contributed by atoms with Crippen molar-refractivity contribution < 1.29 is 9.53 Å². The standard InChI is InChI=1S/C22H29N5O2/c1-25-12-14-26(15-13-25)22(28)18-4-3-11-27(16-18)21-10-9-20(23-24-21)17-5-7-19(29-2)8-6-17/h5-10,18H,3-4,11-16H2,1-2H3/t18-/m0/s1. The SMILES string of the molecule is COc1ccc(-c2ccc(N3CCC[C@H](C(=O)N4CCN(C)CC4)C3)nn2)cc1. The molecule has 154 valence electrons. The quantitative estimate of drug-likeness (QED) is 0.791. The molecule has 2 aromatic rings. The van der Waals surface area contributed by atoms with Crippen LogP contribution in [0, 0.1) is 5.92 Å². The third kappa shape index (κ3) is 4.50. The monoisotopic (exact) mass is 395 g/mol. The zero-order valence-corrected chi connectivity index (χ0v) is 17.3. The number of methoxy groups -OCH3 is 1. The molecule has 3 heterocycles. The van der Waals surface area contributed by atoms with Gasteiger partial charge >= 0.3 is 0 Å². The zero-order chi connectivity index (χ0) is 20.2. The summed E-state index contributed by atoms with van der Waals surface area (Å²) in [6.07, 6.45) is 1.96. The van der Waals surface area contributed by atoms with Crippen LogP contribution in [0.2, 0.25) is 0 Å². The summed E-state index contributed by atoms with van der Waals surface area (Å²) in [5.41, 5.74) is 1.84. The van der Waals surface area contributed by atoms with Gasteiger partial charge in [0.15, 0.2) is 5.82 Å². The van der Waals surface area contributed by atoms with Gasteiger partial charge in [-0.3, -0.25) is 4.79 Å². The molecule has 1 amide bonds. The van der Waals surface area contributed by atoms with E-state index in [4.69, 9.17) is 4.74 Å². The summed E-state index contributed by atoms with van der Waals surface area (Å²) in [7, 11) is 3.77. The molecule has 29 heavy (non-hydrogen) atoms. The number of aromatic nitrogens is 2. The van der Waals surface area contributed by atoms with Crippen molar-refractivity contribution in [3.8, 4) is 17.0 Å². The molecule has 1 atom stereocenters. The summed E-state index contributed by atoms with van der Waals surface area (Å²) in [5, 5.41) is 8.87. The Morgan fingerprint density at radius 1 is 1.00 bits per heavy atom. The highest BCUT2D eigenvalue weighted by Gasteiger charge is 2.31. The lowest BCUT2D eigenvalue weighted by Crippen LogP contribution is -2.51. The lowest BCUT2D eigenvalue weighted by molar-refractivity contribution is -0.137. The third-order valence-electron chi connectivity index (χ3n) is 5.95. The van der Waals surface area contributed by atoms with Crippen LogP contribution in [0.5, 0.6) is 5.75 Å². The number of piperazine rings is 1. The molecule has 0 aliphatic carbocycles. The number of anilines is 1. The molecule has 4 rings (SSSR count). The number of piperidine rings is 1. The zero-order valence-electron chi connectivity index (χ0n) is 17.3. The highest BCUT2D eigenvalue weighted by molar-refractivity contribution is 5.80. The summed E-state index contributed by atoms with van der Waals surface area (Å²) in [6.45, 7) is 5.23. The second-order valence-corrected chi connectivity index (χ2v) is 7.92. The number of hydrogen-bond acceptors (Lipinski definition) is 6. The van der Waals surface area contributed by atoms with Crippen LogP contribution in [0.1, 0.15) is 12.8 Å². The molecule has 0 saturated carbocycles. The fraction of sp³-hybridized carbons (Fsp3) is 0.500. The van der Waals surface area contributed by atoms with Gasteiger partial charge in [0.2, 0.25) is 5.91 Å². The minimum Gasteiger partial charge on any atom is -0.497 e. The summed E-state index contributed by atoms with van der Waals surface area (Å²) < 4.78 is 5.21. The van der Waals surface area contributed by atoms with Gasteiger partial charge < -0.3 is 19.4 Å². The minimum atomic E-state index is 0.0511. The average molecular weight is 396 g/mol. The maximum atomic E-state index is 13.0. The van der Waals surface area contributed by atoms with Gasteiger partial charge in [0.05, 0.1) is 18.7 Å². The van der Waals surface area contributed by atoms with Crippen LogP contribution in [-0.2, 0) is 4.79 Å². The topological polar surface area (TPSA) is 61.8 Å². The molecular formula is C22H29N5O2. The molecule has 0 spiro atoms. The van der Waals surface area contributed by atoms with Gasteiger partial charge in [0.25, 0.3) is 0 Å². The number of hydrogen-bond donors (Lipinski definition) is 0. The summed E-state index contributed by atoms with van der Waals surface area (Å²) in [4.78, 5) is 19.5. The van der Waals surface area contributed by atoms with E-state index in [-0.39, 0.29) is 5.92 Å². The van der Waals surface area contributed by atoms with Crippen molar-refractivity contribution in [2.75, 3.05) is 58.3 Å². The van der Waals surface area contributed by atoms with Crippen molar-refractivity contribution in [2.24, 2.45) is 5.92 Å². The molecular weight excluding hydrogens is 366 g/mol. The second kappa shape index (κ2) is 8.78. The number of nitrogens with zero attached hydrogens (tertiary/aromatic N) is 5. The van der Waals surface area contributed by atoms with Crippen molar-refractivity contribution >= 4 is 11.7 Å². The molecule has 1 aromatic carbocycles. The Kier molecular flexibility index (Phi) is 5.94. The van der Waals surface area contributed by atoms with Gasteiger partial charge in [0, 0.05) is 44.8 Å². The fourth-order valence-electron chi connectivity index (χ4n) is 4.08. The largest absolute Gasteiger partial charge is 0.497 e. The van der Waals surface area contributed by atoms with Crippen LogP contribution < -0.4 is 9.64 Å². The Hall–Kier alpha value is -2.67. The molecule has 7 nitrogen and oxygen atoms in total. The first-order valence-corrected chi connectivity index (χ1v) is 10.3. The van der Waals surface area contributed by atoms with E-state index < -0.39 is 0 Å². The van der Waals surface area contributed by atoms with Crippen molar-refractivity contribution in [3.05, 3.63) is 36.4 Å². The number of rotatable bonds is 4. The lowest BCUT2D eigenvalue weighted by atomic mass is 9.96. The maximum Gasteiger partial charge on any atom is 0.227 e. The molecule has 1 aromatic heterocycles. The van der Waals surface area contributed by atoms with Crippen molar-refractivity contribution in [1.29, 1.82) is 0 Å². The van der Waals surface area contributed by atoms with Crippen LogP contribution in [0.3, 0.4) is 0 Å². The number of carbonyl (C=O) groups excluding carboxylic acids is 1. The second-order valence-electron chi connectivity index (χ2n) is 7.92. The summed E-state index contributed by atoms with van der Waals surface area (Å²) >= 11 is 0. The Morgan fingerprint density at radius 2 is 1.76 bits per heavy atom. The first-order chi connectivity index (χ1) is 14.1. The number of ether oxygens (including phenoxy) is 1. The number of amides is 1. The highest BCUT2D eigenvalue weighted by Crippen LogP contribution is 2.25. The van der Waals surface area contributed by atoms with E-state index in [1.54, 1.807) is 7.11 Å². The van der Waals surface area contributed by atoms with E-state index >= 15 is 0 Å². The summed E-state index contributed by atoms with van der Waals surface area (Å²) in [6, 6.07) is 11.8. The number of carbonyl (C=O) groups is 1. The fourth-order valence-corrected chi connectivity index (χ4v) is 4.08. The van der Waals surface area contributed by atoms with Gasteiger partial charge in [-0.05, 0) is 56.3 Å². The molecule has 0 radical (unpaired) electrons. The van der Waals surface area contributed by atoms with Crippen LogP contribution in [0.4, 0.5) is 5.82 Å². The summed E-state index contributed by atoms with van der Waals surface area (Å²) in [5.74, 6) is 2.02. The van der Waals surface area contributed by atoms with Gasteiger partial charge in [-0.25, -0.2) is 0 Å². The Bertz CT molecular complexity index is 816. The molecule has 2 saturated heterocycles. The molecule has 2 aliphatic rings. The van der Waals surface area contributed by atoms with E-state index in [1.807, 2.05) is 41.3 Å². The third-order valence-corrected chi connectivity index (χ3v) is 5.95. The Labute approximate surface area is 172 Å². The van der Waals surface area contributed by atoms with Gasteiger partial charge in [-0.15, -0.1) is 10.2 Å². The van der Waals surface area contributed by atoms with Crippen molar-refractivity contribution in [3.63, 3.8) is 0 Å². The van der Waals surface area contributed by atoms with Crippen LogP contribution in [-0.4, -0.2) is 79.3 Å². The molecule has 2 fully saturated rings.